The molecule has 0 radical (unpaired) electrons. The van der Waals surface area contributed by atoms with Gasteiger partial charge >= 0.3 is 0 Å². The Labute approximate surface area is 105 Å². The minimum Gasteiger partial charge on any atom is -0.326 e. The largest absolute Gasteiger partial charge is 0.326 e. The third-order valence-corrected chi connectivity index (χ3v) is 3.77. The van der Waals surface area contributed by atoms with Gasteiger partial charge in [-0.15, -0.1) is 0 Å². The molecule has 1 aliphatic rings. The molecule has 3 heteroatoms. The van der Waals surface area contributed by atoms with Gasteiger partial charge in [-0.25, -0.2) is 0 Å². The first-order valence-electron chi connectivity index (χ1n) is 5.66. The van der Waals surface area contributed by atoms with Crippen LogP contribution in [0.5, 0.6) is 0 Å². The van der Waals surface area contributed by atoms with E-state index in [2.05, 4.69) is 21.2 Å². The third-order valence-electron chi connectivity index (χ3n) is 3.12. The first-order chi connectivity index (χ1) is 7.70. The lowest BCUT2D eigenvalue weighted by Crippen LogP contribution is -2.21. The maximum Gasteiger partial charge on any atom is 0.227 e. The van der Waals surface area contributed by atoms with Gasteiger partial charge in [0.2, 0.25) is 5.91 Å². The second kappa shape index (κ2) is 5.00. The van der Waals surface area contributed by atoms with Gasteiger partial charge in [0.05, 0.1) is 0 Å². The molecule has 1 amide bonds. The topological polar surface area (TPSA) is 29.1 Å². The van der Waals surface area contributed by atoms with Gasteiger partial charge < -0.3 is 5.32 Å². The van der Waals surface area contributed by atoms with Crippen LogP contribution in [0.1, 0.15) is 25.3 Å². The zero-order chi connectivity index (χ0) is 11.5. The van der Waals surface area contributed by atoms with E-state index in [-0.39, 0.29) is 11.8 Å². The van der Waals surface area contributed by atoms with E-state index in [9.17, 15) is 4.79 Å². The second-order valence-corrected chi connectivity index (χ2v) is 5.01. The maximum absolute atomic E-state index is 11.8. The van der Waals surface area contributed by atoms with Gasteiger partial charge in [0.15, 0.2) is 0 Å². The van der Waals surface area contributed by atoms with Gasteiger partial charge in [-0.1, -0.05) is 35.0 Å². The molecule has 1 saturated carbocycles. The predicted molar refractivity (Wildman–Crippen MR) is 69.6 cm³/mol. The Bertz CT molecular complexity index is 370. The van der Waals surface area contributed by atoms with E-state index in [4.69, 9.17) is 0 Å². The van der Waals surface area contributed by atoms with Crippen molar-refractivity contribution >= 4 is 27.5 Å². The summed E-state index contributed by atoms with van der Waals surface area (Å²) in [6.07, 6.45) is 2.41. The van der Waals surface area contributed by atoms with Crippen molar-refractivity contribution in [3.63, 3.8) is 0 Å². The van der Waals surface area contributed by atoms with Crippen LogP contribution in [0.15, 0.2) is 24.3 Å². The molecule has 1 aromatic rings. The van der Waals surface area contributed by atoms with Crippen molar-refractivity contribution in [2.75, 3.05) is 5.32 Å². The minimum absolute atomic E-state index is 0.147. The minimum atomic E-state index is 0.147. The molecule has 0 aliphatic heterocycles. The molecule has 0 spiro atoms. The maximum atomic E-state index is 11.8. The van der Waals surface area contributed by atoms with E-state index < -0.39 is 0 Å². The Kier molecular flexibility index (Phi) is 3.64. The first-order valence-corrected chi connectivity index (χ1v) is 6.78. The van der Waals surface area contributed by atoms with Gasteiger partial charge in [-0.3, -0.25) is 4.79 Å². The molecule has 2 rings (SSSR count). The lowest BCUT2D eigenvalue weighted by Gasteiger charge is -2.11. The summed E-state index contributed by atoms with van der Waals surface area (Å²) < 4.78 is 0. The highest BCUT2D eigenvalue weighted by Crippen LogP contribution is 2.37. The normalized spacial score (nSPS) is 16.9. The van der Waals surface area contributed by atoms with Crippen molar-refractivity contribution in [1.82, 2.24) is 0 Å². The van der Waals surface area contributed by atoms with Crippen molar-refractivity contribution in [2.24, 2.45) is 11.8 Å². The summed E-state index contributed by atoms with van der Waals surface area (Å²) in [5.74, 6) is 0.909. The quantitative estimate of drug-likeness (QED) is 0.840. The summed E-state index contributed by atoms with van der Waals surface area (Å²) in [6.45, 7) is 2.01. The lowest BCUT2D eigenvalue weighted by molar-refractivity contribution is -0.119. The Morgan fingerprint density at radius 3 is 2.56 bits per heavy atom. The molecule has 1 aromatic carbocycles. The zero-order valence-electron chi connectivity index (χ0n) is 9.37. The molecule has 1 atom stereocenters. The Morgan fingerprint density at radius 1 is 1.44 bits per heavy atom. The molecule has 1 N–H and O–H groups in total. The van der Waals surface area contributed by atoms with Crippen LogP contribution in [0.3, 0.4) is 0 Å². The summed E-state index contributed by atoms with van der Waals surface area (Å²) in [7, 11) is 0. The number of rotatable bonds is 4. The van der Waals surface area contributed by atoms with Crippen LogP contribution in [0, 0.1) is 11.8 Å². The van der Waals surface area contributed by atoms with E-state index in [1.165, 1.54) is 18.4 Å². The van der Waals surface area contributed by atoms with E-state index in [0.717, 1.165) is 11.0 Å². The van der Waals surface area contributed by atoms with Crippen molar-refractivity contribution in [1.29, 1.82) is 0 Å². The number of nitrogens with one attached hydrogen (secondary N) is 1. The Balaban J connectivity index is 1.94. The van der Waals surface area contributed by atoms with Crippen LogP contribution in [0.4, 0.5) is 5.69 Å². The predicted octanol–water partition coefficient (Wildman–Crippen LogP) is 3.57. The highest BCUT2D eigenvalue weighted by atomic mass is 79.9. The molecule has 1 unspecified atom stereocenters. The number of amides is 1. The van der Waals surface area contributed by atoms with Crippen molar-refractivity contribution in [2.45, 2.75) is 25.1 Å². The summed E-state index contributed by atoms with van der Waals surface area (Å²) in [6, 6.07) is 7.94. The third kappa shape index (κ3) is 2.85. The molecule has 0 bridgehead atoms. The monoisotopic (exact) mass is 281 g/mol. The molecule has 0 aromatic heterocycles. The van der Waals surface area contributed by atoms with Crippen LogP contribution in [0.25, 0.3) is 0 Å². The molecule has 86 valence electrons. The summed E-state index contributed by atoms with van der Waals surface area (Å²) in [4.78, 5) is 11.8. The summed E-state index contributed by atoms with van der Waals surface area (Å²) >= 11 is 3.40. The smallest absolute Gasteiger partial charge is 0.227 e. The van der Waals surface area contributed by atoms with Gasteiger partial charge in [0.25, 0.3) is 0 Å². The number of carbonyl (C=O) groups is 1. The molecule has 1 fully saturated rings. The second-order valence-electron chi connectivity index (χ2n) is 4.45. The molecule has 0 heterocycles. The highest BCUT2D eigenvalue weighted by molar-refractivity contribution is 9.08. The van der Waals surface area contributed by atoms with E-state index in [1.807, 2.05) is 31.2 Å². The van der Waals surface area contributed by atoms with Gasteiger partial charge in [0.1, 0.15) is 0 Å². The van der Waals surface area contributed by atoms with Crippen LogP contribution in [-0.2, 0) is 10.1 Å². The molecule has 2 nitrogen and oxygen atoms in total. The lowest BCUT2D eigenvalue weighted by atomic mass is 10.1. The number of alkyl halides is 1. The van der Waals surface area contributed by atoms with E-state index in [0.29, 0.717) is 5.92 Å². The molecular weight excluding hydrogens is 266 g/mol. The SMILES string of the molecule is CC(C(=O)Nc1ccc(CBr)cc1)C1CC1. The number of hydrogen-bond donors (Lipinski definition) is 1. The zero-order valence-corrected chi connectivity index (χ0v) is 11.0. The van der Waals surface area contributed by atoms with E-state index >= 15 is 0 Å². The number of hydrogen-bond acceptors (Lipinski definition) is 1. The number of carbonyl (C=O) groups excluding carboxylic acids is 1. The van der Waals surface area contributed by atoms with Crippen LogP contribution in [0.2, 0.25) is 0 Å². The fourth-order valence-corrected chi connectivity index (χ4v) is 2.12. The number of anilines is 1. The van der Waals surface area contributed by atoms with Crippen molar-refractivity contribution in [3.8, 4) is 0 Å². The van der Waals surface area contributed by atoms with Crippen molar-refractivity contribution < 1.29 is 4.79 Å². The Morgan fingerprint density at radius 2 is 2.06 bits per heavy atom. The summed E-state index contributed by atoms with van der Waals surface area (Å²) in [5, 5.41) is 3.81. The van der Waals surface area contributed by atoms with Gasteiger partial charge in [0, 0.05) is 16.9 Å². The number of halogens is 1. The van der Waals surface area contributed by atoms with Crippen LogP contribution < -0.4 is 5.32 Å². The standard InChI is InChI=1S/C13H16BrNO/c1-9(11-4-5-11)13(16)15-12-6-2-10(8-14)3-7-12/h2-3,6-7,9,11H,4-5,8H2,1H3,(H,15,16). The average molecular weight is 282 g/mol. The summed E-state index contributed by atoms with van der Waals surface area (Å²) in [5.41, 5.74) is 2.11. The van der Waals surface area contributed by atoms with Crippen LogP contribution in [-0.4, -0.2) is 5.91 Å². The van der Waals surface area contributed by atoms with Crippen molar-refractivity contribution in [3.05, 3.63) is 29.8 Å². The average Bonchev–Trinajstić information content (AvgIpc) is 3.13. The van der Waals surface area contributed by atoms with Gasteiger partial charge in [-0.2, -0.15) is 0 Å². The fourth-order valence-electron chi connectivity index (χ4n) is 1.74. The first kappa shape index (κ1) is 11.6. The number of benzene rings is 1. The van der Waals surface area contributed by atoms with Crippen LogP contribution >= 0.6 is 15.9 Å². The molecule has 1 aliphatic carbocycles. The Hall–Kier alpha value is -0.830. The molecular formula is C13H16BrNO. The molecule has 16 heavy (non-hydrogen) atoms. The fraction of sp³-hybridized carbons (Fsp3) is 0.462. The molecule has 0 saturated heterocycles. The van der Waals surface area contributed by atoms with E-state index in [1.54, 1.807) is 0 Å². The highest BCUT2D eigenvalue weighted by Gasteiger charge is 2.32. The van der Waals surface area contributed by atoms with Gasteiger partial charge in [-0.05, 0) is 36.5 Å².